The largest absolute Gasteiger partial charge is 0.394 e. The Morgan fingerprint density at radius 3 is 2.87 bits per heavy atom. The van der Waals surface area contributed by atoms with E-state index in [-0.39, 0.29) is 6.61 Å². The number of hydrogen-bond donors (Lipinski definition) is 2. The molecule has 3 N–H and O–H groups in total. The van der Waals surface area contributed by atoms with Crippen LogP contribution in [-0.4, -0.2) is 41.8 Å². The Morgan fingerprint density at radius 2 is 2.27 bits per heavy atom. The predicted octanol–water partition coefficient (Wildman–Crippen LogP) is 1.21. The topological polar surface area (TPSA) is 49.5 Å². The summed E-state index contributed by atoms with van der Waals surface area (Å²) in [6.07, 6.45) is 4.88. The number of piperidine rings is 1. The molecule has 1 heterocycles. The van der Waals surface area contributed by atoms with Crippen LogP contribution in [-0.2, 0) is 0 Å². The molecule has 15 heavy (non-hydrogen) atoms. The van der Waals surface area contributed by atoms with Crippen molar-refractivity contribution < 1.29 is 5.11 Å². The summed E-state index contributed by atoms with van der Waals surface area (Å²) in [6, 6.07) is 0. The summed E-state index contributed by atoms with van der Waals surface area (Å²) in [5.41, 5.74) is 5.52. The smallest absolute Gasteiger partial charge is 0.0608 e. The van der Waals surface area contributed by atoms with Gasteiger partial charge in [-0.05, 0) is 45.2 Å². The first kappa shape index (κ1) is 12.9. The number of nitrogens with zero attached hydrogens (tertiary/aromatic N) is 1. The predicted molar refractivity (Wildman–Crippen MR) is 63.8 cm³/mol. The Bertz CT molecular complexity index is 182. The Hall–Kier alpha value is -0.120. The summed E-state index contributed by atoms with van der Waals surface area (Å²) in [7, 11) is 0. The van der Waals surface area contributed by atoms with Crippen LogP contribution in [0.1, 0.15) is 39.5 Å². The van der Waals surface area contributed by atoms with Crippen LogP contribution >= 0.6 is 0 Å². The number of likely N-dealkylation sites (tertiary alicyclic amines) is 1. The second-order valence-electron chi connectivity index (χ2n) is 5.28. The molecule has 0 aliphatic carbocycles. The molecule has 0 aromatic carbocycles. The highest BCUT2D eigenvalue weighted by Gasteiger charge is 2.22. The quantitative estimate of drug-likeness (QED) is 0.723. The fourth-order valence-corrected chi connectivity index (χ4v) is 2.18. The highest BCUT2D eigenvalue weighted by Crippen LogP contribution is 2.20. The first-order valence-corrected chi connectivity index (χ1v) is 6.19. The number of aliphatic hydroxyl groups excluding tert-OH is 1. The lowest BCUT2D eigenvalue weighted by Gasteiger charge is -2.34. The third-order valence-electron chi connectivity index (χ3n) is 3.54. The Kier molecular flexibility index (Phi) is 5.03. The maximum absolute atomic E-state index is 9.08. The second-order valence-corrected chi connectivity index (χ2v) is 5.28. The minimum atomic E-state index is -0.404. The van der Waals surface area contributed by atoms with Crippen LogP contribution in [0.15, 0.2) is 0 Å². The van der Waals surface area contributed by atoms with Crippen molar-refractivity contribution in [2.24, 2.45) is 11.7 Å². The summed E-state index contributed by atoms with van der Waals surface area (Å²) in [6.45, 7) is 7.74. The van der Waals surface area contributed by atoms with Gasteiger partial charge in [0.2, 0.25) is 0 Å². The van der Waals surface area contributed by atoms with Crippen LogP contribution in [0.3, 0.4) is 0 Å². The molecule has 90 valence electrons. The van der Waals surface area contributed by atoms with Gasteiger partial charge in [-0.2, -0.15) is 0 Å². The lowest BCUT2D eigenvalue weighted by atomic mass is 9.94. The zero-order valence-corrected chi connectivity index (χ0v) is 10.2. The van der Waals surface area contributed by atoms with Crippen molar-refractivity contribution in [1.29, 1.82) is 0 Å². The molecule has 1 fully saturated rings. The van der Waals surface area contributed by atoms with Crippen LogP contribution in [0, 0.1) is 5.92 Å². The molecule has 1 rings (SSSR count). The zero-order chi connectivity index (χ0) is 11.3. The lowest BCUT2D eigenvalue weighted by Crippen LogP contribution is -2.45. The van der Waals surface area contributed by atoms with Gasteiger partial charge in [0.25, 0.3) is 0 Å². The van der Waals surface area contributed by atoms with Gasteiger partial charge in [-0.25, -0.2) is 0 Å². The SMILES string of the molecule is CCC1CCCN(CCC(C)(N)CO)C1. The van der Waals surface area contributed by atoms with E-state index in [1.54, 1.807) is 0 Å². The standard InChI is InChI=1S/C12H26N2O/c1-3-11-5-4-7-14(9-11)8-6-12(2,13)10-15/h11,15H,3-10,13H2,1-2H3. The van der Waals surface area contributed by atoms with E-state index < -0.39 is 5.54 Å². The minimum absolute atomic E-state index is 0.0814. The fourth-order valence-electron chi connectivity index (χ4n) is 2.18. The van der Waals surface area contributed by atoms with Gasteiger partial charge in [-0.3, -0.25) is 0 Å². The van der Waals surface area contributed by atoms with Gasteiger partial charge in [-0.15, -0.1) is 0 Å². The first-order chi connectivity index (χ1) is 7.07. The van der Waals surface area contributed by atoms with E-state index in [1.807, 2.05) is 6.92 Å². The molecule has 2 atom stereocenters. The molecule has 0 aromatic heterocycles. The van der Waals surface area contributed by atoms with E-state index in [0.29, 0.717) is 0 Å². The fraction of sp³-hybridized carbons (Fsp3) is 1.00. The minimum Gasteiger partial charge on any atom is -0.394 e. The molecule has 1 saturated heterocycles. The molecule has 3 nitrogen and oxygen atoms in total. The Morgan fingerprint density at radius 1 is 1.53 bits per heavy atom. The third kappa shape index (κ3) is 4.49. The molecular weight excluding hydrogens is 188 g/mol. The van der Waals surface area contributed by atoms with Crippen molar-refractivity contribution in [3.05, 3.63) is 0 Å². The zero-order valence-electron chi connectivity index (χ0n) is 10.2. The molecule has 0 spiro atoms. The summed E-state index contributed by atoms with van der Waals surface area (Å²) in [5.74, 6) is 0.872. The summed E-state index contributed by atoms with van der Waals surface area (Å²) in [5, 5.41) is 9.08. The van der Waals surface area contributed by atoms with Crippen LogP contribution in [0.25, 0.3) is 0 Å². The maximum atomic E-state index is 9.08. The average molecular weight is 214 g/mol. The van der Waals surface area contributed by atoms with E-state index in [9.17, 15) is 0 Å². The van der Waals surface area contributed by atoms with Crippen LogP contribution in [0.2, 0.25) is 0 Å². The van der Waals surface area contributed by atoms with Crippen LogP contribution in [0.4, 0.5) is 0 Å². The molecule has 0 saturated carbocycles. The summed E-state index contributed by atoms with van der Waals surface area (Å²) < 4.78 is 0. The molecule has 0 bridgehead atoms. The maximum Gasteiger partial charge on any atom is 0.0608 e. The van der Waals surface area contributed by atoms with Crippen molar-refractivity contribution in [3.8, 4) is 0 Å². The van der Waals surface area contributed by atoms with Gasteiger partial charge in [0, 0.05) is 12.1 Å². The van der Waals surface area contributed by atoms with E-state index in [1.165, 1.54) is 32.4 Å². The first-order valence-electron chi connectivity index (χ1n) is 6.19. The van der Waals surface area contributed by atoms with E-state index in [2.05, 4.69) is 11.8 Å². The van der Waals surface area contributed by atoms with Gasteiger partial charge in [0.05, 0.1) is 6.61 Å². The van der Waals surface area contributed by atoms with E-state index >= 15 is 0 Å². The molecule has 3 heteroatoms. The molecule has 1 aliphatic rings. The molecule has 0 amide bonds. The van der Waals surface area contributed by atoms with Gasteiger partial charge < -0.3 is 15.7 Å². The summed E-state index contributed by atoms with van der Waals surface area (Å²) in [4.78, 5) is 2.50. The normalized spacial score (nSPS) is 27.6. The van der Waals surface area contributed by atoms with Crippen molar-refractivity contribution in [2.75, 3.05) is 26.2 Å². The number of rotatable bonds is 5. The van der Waals surface area contributed by atoms with Crippen molar-refractivity contribution in [2.45, 2.75) is 45.1 Å². The van der Waals surface area contributed by atoms with Crippen molar-refractivity contribution in [3.63, 3.8) is 0 Å². The van der Waals surface area contributed by atoms with Gasteiger partial charge in [0.15, 0.2) is 0 Å². The second kappa shape index (κ2) is 5.83. The molecule has 1 aliphatic heterocycles. The van der Waals surface area contributed by atoms with E-state index in [0.717, 1.165) is 18.9 Å². The Labute approximate surface area is 93.6 Å². The van der Waals surface area contributed by atoms with Gasteiger partial charge in [-0.1, -0.05) is 13.3 Å². The molecule has 0 radical (unpaired) electrons. The number of hydrogen-bond acceptors (Lipinski definition) is 3. The van der Waals surface area contributed by atoms with Gasteiger partial charge in [0.1, 0.15) is 0 Å². The van der Waals surface area contributed by atoms with E-state index in [4.69, 9.17) is 10.8 Å². The monoisotopic (exact) mass is 214 g/mol. The highest BCUT2D eigenvalue weighted by atomic mass is 16.3. The number of aliphatic hydroxyl groups is 1. The Balaban J connectivity index is 2.26. The molecule has 0 aromatic rings. The molecular formula is C12H26N2O. The van der Waals surface area contributed by atoms with Crippen LogP contribution in [0.5, 0.6) is 0 Å². The highest BCUT2D eigenvalue weighted by molar-refractivity contribution is 4.80. The van der Waals surface area contributed by atoms with Crippen molar-refractivity contribution in [1.82, 2.24) is 4.90 Å². The average Bonchev–Trinajstić information content (AvgIpc) is 2.27. The van der Waals surface area contributed by atoms with Crippen LogP contribution < -0.4 is 5.73 Å². The number of nitrogens with two attached hydrogens (primary N) is 1. The van der Waals surface area contributed by atoms with Gasteiger partial charge >= 0.3 is 0 Å². The lowest BCUT2D eigenvalue weighted by molar-refractivity contribution is 0.139. The van der Waals surface area contributed by atoms with Crippen molar-refractivity contribution >= 4 is 0 Å². The summed E-state index contributed by atoms with van der Waals surface area (Å²) >= 11 is 0. The third-order valence-corrected chi connectivity index (χ3v) is 3.54. The molecule has 2 unspecified atom stereocenters.